The monoisotopic (exact) mass is 246 g/mol. The van der Waals surface area contributed by atoms with Crippen LogP contribution < -0.4 is 4.90 Å². The largest absolute Gasteiger partial charge is 0.310 e. The van der Waals surface area contributed by atoms with Gasteiger partial charge in [0, 0.05) is 18.1 Å². The molecule has 0 unspecified atom stereocenters. The van der Waals surface area contributed by atoms with Crippen molar-refractivity contribution in [3.05, 3.63) is 46.4 Å². The Morgan fingerprint density at radius 1 is 1.35 bits per heavy atom. The number of carbonyl (C=O) groups is 1. The van der Waals surface area contributed by atoms with Gasteiger partial charge in [-0.25, -0.2) is 4.98 Å². The van der Waals surface area contributed by atoms with E-state index in [2.05, 4.69) is 11.9 Å². The van der Waals surface area contributed by atoms with E-state index in [1.807, 2.05) is 24.3 Å². The van der Waals surface area contributed by atoms with Gasteiger partial charge in [-0.15, -0.1) is 11.3 Å². The molecule has 3 nitrogen and oxygen atoms in total. The smallest absolute Gasteiger partial charge is 0.277 e. The van der Waals surface area contributed by atoms with Crippen molar-refractivity contribution < 1.29 is 4.79 Å². The average Bonchev–Trinajstić information content (AvgIpc) is 2.91. The van der Waals surface area contributed by atoms with E-state index in [0.29, 0.717) is 5.69 Å². The summed E-state index contributed by atoms with van der Waals surface area (Å²) in [5, 5.41) is 1.76. The summed E-state index contributed by atoms with van der Waals surface area (Å²) in [6, 6.07) is 8.01. The van der Waals surface area contributed by atoms with Gasteiger partial charge in [-0.05, 0) is 24.1 Å². The molecule has 0 N–H and O–H groups in total. The number of thiazole rings is 1. The molecule has 1 amide bonds. The normalized spacial score (nSPS) is 10.2. The van der Waals surface area contributed by atoms with Crippen LogP contribution in [0.5, 0.6) is 0 Å². The van der Waals surface area contributed by atoms with Crippen LogP contribution in [0.1, 0.15) is 23.0 Å². The van der Waals surface area contributed by atoms with Gasteiger partial charge in [-0.2, -0.15) is 0 Å². The molecular weight excluding hydrogens is 232 g/mol. The molecule has 0 saturated carbocycles. The minimum atomic E-state index is -0.0736. The Balaban J connectivity index is 2.19. The molecule has 0 bridgehead atoms. The molecule has 0 atom stereocenters. The Morgan fingerprint density at radius 3 is 2.59 bits per heavy atom. The van der Waals surface area contributed by atoms with Crippen LogP contribution in [0.2, 0.25) is 0 Å². The van der Waals surface area contributed by atoms with Gasteiger partial charge in [-0.1, -0.05) is 19.1 Å². The van der Waals surface area contributed by atoms with Crippen molar-refractivity contribution in [1.82, 2.24) is 4.98 Å². The Bertz CT molecular complexity index is 491. The highest BCUT2D eigenvalue weighted by molar-refractivity contribution is 7.07. The van der Waals surface area contributed by atoms with Crippen molar-refractivity contribution in [2.45, 2.75) is 13.3 Å². The van der Waals surface area contributed by atoms with E-state index in [0.717, 1.165) is 12.1 Å². The van der Waals surface area contributed by atoms with Crippen LogP contribution in [0.25, 0.3) is 0 Å². The first-order valence-corrected chi connectivity index (χ1v) is 6.42. The zero-order chi connectivity index (χ0) is 12.3. The van der Waals surface area contributed by atoms with Gasteiger partial charge < -0.3 is 4.90 Å². The quantitative estimate of drug-likeness (QED) is 0.834. The van der Waals surface area contributed by atoms with E-state index in [1.165, 1.54) is 16.9 Å². The minimum Gasteiger partial charge on any atom is -0.310 e. The number of aromatic nitrogens is 1. The summed E-state index contributed by atoms with van der Waals surface area (Å²) in [6.07, 6.45) is 1.00. The fraction of sp³-hybridized carbons (Fsp3) is 0.231. The zero-order valence-corrected chi connectivity index (χ0v) is 10.7. The Labute approximate surface area is 105 Å². The van der Waals surface area contributed by atoms with Crippen LogP contribution in [-0.4, -0.2) is 17.9 Å². The van der Waals surface area contributed by atoms with Crippen LogP contribution in [-0.2, 0) is 6.42 Å². The molecule has 1 aromatic carbocycles. The maximum absolute atomic E-state index is 12.0. The number of anilines is 1. The first kappa shape index (κ1) is 11.8. The summed E-state index contributed by atoms with van der Waals surface area (Å²) < 4.78 is 0. The Hall–Kier alpha value is -1.68. The molecule has 0 aliphatic rings. The van der Waals surface area contributed by atoms with E-state index >= 15 is 0 Å². The third-order valence-electron chi connectivity index (χ3n) is 2.69. The number of hydrogen-bond donors (Lipinski definition) is 0. The molecule has 4 heteroatoms. The van der Waals surface area contributed by atoms with E-state index < -0.39 is 0 Å². The summed E-state index contributed by atoms with van der Waals surface area (Å²) in [7, 11) is 1.77. The van der Waals surface area contributed by atoms with Crippen molar-refractivity contribution in [2.24, 2.45) is 0 Å². The number of rotatable bonds is 3. The van der Waals surface area contributed by atoms with Crippen LogP contribution in [0.3, 0.4) is 0 Å². The molecule has 1 aromatic heterocycles. The molecule has 17 heavy (non-hydrogen) atoms. The van der Waals surface area contributed by atoms with Crippen LogP contribution in [0.4, 0.5) is 5.69 Å². The molecule has 2 aromatic rings. The van der Waals surface area contributed by atoms with Gasteiger partial charge in [0.1, 0.15) is 5.69 Å². The molecule has 2 rings (SSSR count). The lowest BCUT2D eigenvalue weighted by Gasteiger charge is -2.16. The Morgan fingerprint density at radius 2 is 2.06 bits per heavy atom. The van der Waals surface area contributed by atoms with Gasteiger partial charge in [0.15, 0.2) is 0 Å². The molecule has 0 aliphatic heterocycles. The third-order valence-corrected chi connectivity index (χ3v) is 3.27. The Kier molecular flexibility index (Phi) is 3.54. The predicted molar refractivity (Wildman–Crippen MR) is 70.7 cm³/mol. The predicted octanol–water partition coefficient (Wildman–Crippen LogP) is 2.98. The van der Waals surface area contributed by atoms with Crippen LogP contribution >= 0.6 is 11.3 Å². The average molecular weight is 246 g/mol. The number of aryl methyl sites for hydroxylation is 1. The molecule has 0 fully saturated rings. The maximum atomic E-state index is 12.0. The number of amides is 1. The fourth-order valence-corrected chi connectivity index (χ4v) is 2.09. The third kappa shape index (κ3) is 2.53. The van der Waals surface area contributed by atoms with Crippen LogP contribution in [0, 0.1) is 0 Å². The number of benzene rings is 1. The molecule has 0 spiro atoms. The zero-order valence-electron chi connectivity index (χ0n) is 9.88. The highest BCUT2D eigenvalue weighted by Gasteiger charge is 2.14. The molecule has 88 valence electrons. The summed E-state index contributed by atoms with van der Waals surface area (Å²) >= 11 is 1.43. The van der Waals surface area contributed by atoms with E-state index in [1.54, 1.807) is 22.8 Å². The molecule has 0 radical (unpaired) electrons. The van der Waals surface area contributed by atoms with E-state index in [9.17, 15) is 4.79 Å². The van der Waals surface area contributed by atoms with E-state index in [-0.39, 0.29) is 5.91 Å². The molecule has 0 saturated heterocycles. The van der Waals surface area contributed by atoms with Crippen molar-refractivity contribution in [1.29, 1.82) is 0 Å². The standard InChI is InChI=1S/C13H14N2OS/c1-3-10-4-6-11(7-5-10)15(2)13(16)12-8-17-9-14-12/h4-9H,3H2,1-2H3. The fourth-order valence-electron chi connectivity index (χ4n) is 1.56. The van der Waals surface area contributed by atoms with Crippen LogP contribution in [0.15, 0.2) is 35.2 Å². The summed E-state index contributed by atoms with van der Waals surface area (Å²) in [5.41, 5.74) is 4.32. The number of nitrogens with zero attached hydrogens (tertiary/aromatic N) is 2. The van der Waals surface area contributed by atoms with Crippen molar-refractivity contribution >= 4 is 22.9 Å². The van der Waals surface area contributed by atoms with Crippen molar-refractivity contribution in [3.63, 3.8) is 0 Å². The highest BCUT2D eigenvalue weighted by atomic mass is 32.1. The van der Waals surface area contributed by atoms with Gasteiger partial charge in [0.2, 0.25) is 0 Å². The minimum absolute atomic E-state index is 0.0736. The second-order valence-electron chi connectivity index (χ2n) is 3.76. The van der Waals surface area contributed by atoms with E-state index in [4.69, 9.17) is 0 Å². The summed E-state index contributed by atoms with van der Waals surface area (Å²) in [6.45, 7) is 2.11. The maximum Gasteiger partial charge on any atom is 0.277 e. The lowest BCUT2D eigenvalue weighted by molar-refractivity contribution is 0.0989. The molecule has 1 heterocycles. The second-order valence-corrected chi connectivity index (χ2v) is 4.48. The lowest BCUT2D eigenvalue weighted by atomic mass is 10.1. The van der Waals surface area contributed by atoms with Crippen molar-refractivity contribution in [2.75, 3.05) is 11.9 Å². The SMILES string of the molecule is CCc1ccc(N(C)C(=O)c2cscn2)cc1. The lowest BCUT2D eigenvalue weighted by Crippen LogP contribution is -2.26. The topological polar surface area (TPSA) is 33.2 Å². The molecular formula is C13H14N2OS. The summed E-state index contributed by atoms with van der Waals surface area (Å²) in [4.78, 5) is 17.7. The van der Waals surface area contributed by atoms with Gasteiger partial charge in [0.25, 0.3) is 5.91 Å². The highest BCUT2D eigenvalue weighted by Crippen LogP contribution is 2.16. The second kappa shape index (κ2) is 5.10. The number of hydrogen-bond acceptors (Lipinski definition) is 3. The van der Waals surface area contributed by atoms with Crippen molar-refractivity contribution in [3.8, 4) is 0 Å². The number of carbonyl (C=O) groups excluding carboxylic acids is 1. The van der Waals surface area contributed by atoms with Gasteiger partial charge in [-0.3, -0.25) is 4.79 Å². The first-order valence-electron chi connectivity index (χ1n) is 5.47. The first-order chi connectivity index (χ1) is 8.22. The van der Waals surface area contributed by atoms with Gasteiger partial charge >= 0.3 is 0 Å². The summed E-state index contributed by atoms with van der Waals surface area (Å²) in [5.74, 6) is -0.0736. The molecule has 0 aliphatic carbocycles. The van der Waals surface area contributed by atoms with Gasteiger partial charge in [0.05, 0.1) is 5.51 Å².